The van der Waals surface area contributed by atoms with E-state index >= 15 is 0 Å². The Balaban J connectivity index is 0.000000160. The molecule has 1 saturated heterocycles. The summed E-state index contributed by atoms with van der Waals surface area (Å²) in [6.45, 7) is 13.7. The number of H-pyrrole nitrogens is 1. The number of aromatic nitrogens is 10. The van der Waals surface area contributed by atoms with E-state index in [9.17, 15) is 29.7 Å². The number of ether oxygens (including phenoxy) is 1. The average Bonchev–Trinajstić information content (AvgIpc) is 1.67. The summed E-state index contributed by atoms with van der Waals surface area (Å²) in [6, 6.07) is 41.3. The number of aromatic hydroxyl groups is 2. The molecule has 2 saturated carbocycles. The van der Waals surface area contributed by atoms with Crippen LogP contribution < -0.4 is 10.3 Å². The number of phenolic OH excluding ortho intramolecular Hbond substituents is 2. The summed E-state index contributed by atoms with van der Waals surface area (Å²) in [4.78, 5) is 56.1. The van der Waals surface area contributed by atoms with Gasteiger partial charge in [-0.3, -0.25) is 9.59 Å². The van der Waals surface area contributed by atoms with E-state index in [1.54, 1.807) is 36.7 Å². The first-order valence-corrected chi connectivity index (χ1v) is 34.9. The van der Waals surface area contributed by atoms with Crippen LogP contribution in [-0.4, -0.2) is 108 Å². The Morgan fingerprint density at radius 1 is 0.630 bits per heavy atom. The number of aromatic carboxylic acids is 1. The number of carboxylic acids is 1. The third-order valence-corrected chi connectivity index (χ3v) is 18.9. The Morgan fingerprint density at radius 3 is 1.64 bits per heavy atom. The number of aromatic amines is 1. The molecule has 2 aliphatic carbocycles. The van der Waals surface area contributed by atoms with E-state index in [-0.39, 0.29) is 28.5 Å². The number of phenols is 2. The van der Waals surface area contributed by atoms with Gasteiger partial charge in [0.25, 0.3) is 5.91 Å². The van der Waals surface area contributed by atoms with E-state index < -0.39 is 14.0 Å². The van der Waals surface area contributed by atoms with Gasteiger partial charge in [-0.15, -0.1) is 0 Å². The minimum Gasteiger partial charge on any atom is -0.507 e. The molecule has 4 aromatic carbocycles. The number of nitrogens with one attached hydrogen (secondary N) is 1. The molecular formula is C71H69N11O9Si. The minimum atomic E-state index is -1.22. The number of carbonyl (C=O) groups excluding carboxylic acids is 1. The largest absolute Gasteiger partial charge is 0.507 e. The number of hydrogen-bond donors (Lipinski definition) is 4. The lowest BCUT2D eigenvalue weighted by Crippen LogP contribution is -2.27. The fourth-order valence-corrected chi connectivity index (χ4v) is 12.5. The minimum absolute atomic E-state index is 0.0304. The van der Waals surface area contributed by atoms with Crippen LogP contribution in [0.5, 0.6) is 17.4 Å². The molecule has 9 heterocycles. The second-order valence-corrected chi connectivity index (χ2v) is 31.1. The van der Waals surface area contributed by atoms with Crippen LogP contribution in [0.4, 0.5) is 0 Å². The summed E-state index contributed by atoms with van der Waals surface area (Å²) in [5, 5.41) is 41.7. The Morgan fingerprint density at radius 2 is 1.16 bits per heavy atom. The van der Waals surface area contributed by atoms with Crippen molar-refractivity contribution < 1.29 is 38.5 Å². The molecule has 12 aromatic rings. The molecule has 4 N–H and O–H groups in total. The lowest BCUT2D eigenvalue weighted by molar-refractivity contribution is 0.0696. The molecule has 92 heavy (non-hydrogen) atoms. The van der Waals surface area contributed by atoms with Crippen LogP contribution in [0.25, 0.3) is 79.1 Å². The fourth-order valence-electron chi connectivity index (χ4n) is 11.8. The number of furan rings is 2. The van der Waals surface area contributed by atoms with Crippen LogP contribution in [0.2, 0.25) is 25.7 Å². The number of amides is 1. The standard InChI is InChI=1S/C36H37N5O5Si.C35H32N6O4/c1-22-5-13-33(46-22)31-19-28(24-7-8-24)39-41(31)26-10-11-30-29(18-26)38-35(27-17-25(36(43)44)9-12-32(27)42)40(30)21-23-6-14-34(37-20-23)45-15-16-47(2,3)4;1-21-4-12-32(45-21)30-18-27(23-6-7-23)38-41(30)25-9-10-29-28(17-25)37-34(40(29)20-22-5-13-33(43)36-19-22)26-16-24(8-11-31(26)42)35(44)39-14-2-3-15-39/h5-6,9-14,17-20,24,42H,7-8,15-16,21H2,1-4H3,(H,43,44);4-5,8-13,16-19,23,42H,2-3,6-7,14-15,20H2,1H3,(H,36,43). The number of carbonyl (C=O) groups is 2. The zero-order valence-electron chi connectivity index (χ0n) is 51.8. The van der Waals surface area contributed by atoms with Gasteiger partial charge in [0.2, 0.25) is 11.4 Å². The summed E-state index contributed by atoms with van der Waals surface area (Å²) in [5.74, 6) is 4.42. The second kappa shape index (κ2) is 24.0. The lowest BCUT2D eigenvalue weighted by atomic mass is 10.1. The summed E-state index contributed by atoms with van der Waals surface area (Å²) in [5.41, 5.74) is 11.4. The number of likely N-dealkylation sites (tertiary alicyclic amines) is 1. The van der Waals surface area contributed by atoms with Crippen LogP contribution in [0.3, 0.4) is 0 Å². The smallest absolute Gasteiger partial charge is 0.335 e. The Hall–Kier alpha value is -10.5. The molecule has 3 aliphatic rings. The zero-order chi connectivity index (χ0) is 63.5. The van der Waals surface area contributed by atoms with Gasteiger partial charge in [-0.25, -0.2) is 29.1 Å². The van der Waals surface area contributed by atoms with Crippen LogP contribution in [-0.2, 0) is 13.1 Å². The second-order valence-electron chi connectivity index (χ2n) is 25.5. The highest BCUT2D eigenvalue weighted by Crippen LogP contribution is 2.44. The molecule has 0 unspecified atom stereocenters. The maximum absolute atomic E-state index is 13.3. The molecule has 0 spiro atoms. The zero-order valence-corrected chi connectivity index (χ0v) is 52.8. The van der Waals surface area contributed by atoms with E-state index in [4.69, 9.17) is 33.7 Å². The number of aryl methyl sites for hydroxylation is 2. The first kappa shape index (κ1) is 59.1. The predicted octanol–water partition coefficient (Wildman–Crippen LogP) is 13.9. The van der Waals surface area contributed by atoms with Gasteiger partial charge in [0.05, 0.1) is 81.2 Å². The van der Waals surface area contributed by atoms with Crippen molar-refractivity contribution in [1.82, 2.24) is 53.5 Å². The molecule has 21 heteroatoms. The molecule has 3 fully saturated rings. The molecule has 1 aliphatic heterocycles. The number of fused-ring (bicyclic) bond motifs is 2. The van der Waals surface area contributed by atoms with Gasteiger partial charge in [-0.2, -0.15) is 10.2 Å². The highest BCUT2D eigenvalue weighted by atomic mass is 28.3. The summed E-state index contributed by atoms with van der Waals surface area (Å²) >= 11 is 0. The number of benzene rings is 4. The molecular weight excluding hydrogens is 1180 g/mol. The first-order chi connectivity index (χ1) is 44.4. The van der Waals surface area contributed by atoms with Gasteiger partial charge in [-0.1, -0.05) is 31.8 Å². The lowest BCUT2D eigenvalue weighted by Gasteiger charge is -2.16. The normalized spacial score (nSPS) is 14.1. The summed E-state index contributed by atoms with van der Waals surface area (Å²) in [7, 11) is -1.22. The molecule has 1 amide bonds. The number of pyridine rings is 2. The van der Waals surface area contributed by atoms with Crippen molar-refractivity contribution >= 4 is 42.0 Å². The van der Waals surface area contributed by atoms with Crippen LogP contribution in [0.1, 0.15) is 105 Å². The van der Waals surface area contributed by atoms with Crippen molar-refractivity contribution in [3.63, 3.8) is 0 Å². The third kappa shape index (κ3) is 12.3. The predicted molar refractivity (Wildman–Crippen MR) is 352 cm³/mol. The molecule has 0 radical (unpaired) electrons. The molecule has 15 rings (SSSR count). The van der Waals surface area contributed by atoms with Gasteiger partial charge < -0.3 is 47.9 Å². The highest BCUT2D eigenvalue weighted by Gasteiger charge is 2.31. The molecule has 0 bridgehead atoms. The van der Waals surface area contributed by atoms with Crippen molar-refractivity contribution in [3.05, 3.63) is 201 Å². The highest BCUT2D eigenvalue weighted by molar-refractivity contribution is 6.76. The van der Waals surface area contributed by atoms with E-state index in [2.05, 4.69) is 41.7 Å². The van der Waals surface area contributed by atoms with Gasteiger partial charge in [-0.05, 0) is 179 Å². The third-order valence-electron chi connectivity index (χ3n) is 17.2. The average molecular weight is 1250 g/mol. The number of rotatable bonds is 18. The molecule has 466 valence electrons. The van der Waals surface area contributed by atoms with Crippen molar-refractivity contribution in [2.45, 2.75) is 103 Å². The van der Waals surface area contributed by atoms with E-state index in [0.29, 0.717) is 76.8 Å². The van der Waals surface area contributed by atoms with Crippen molar-refractivity contribution in [1.29, 1.82) is 0 Å². The summed E-state index contributed by atoms with van der Waals surface area (Å²) < 4.78 is 25.7. The maximum Gasteiger partial charge on any atom is 0.335 e. The molecule has 8 aromatic heterocycles. The van der Waals surface area contributed by atoms with Gasteiger partial charge in [0.15, 0.2) is 11.5 Å². The van der Waals surface area contributed by atoms with Crippen LogP contribution in [0.15, 0.2) is 159 Å². The summed E-state index contributed by atoms with van der Waals surface area (Å²) in [6.07, 6.45) is 9.96. The van der Waals surface area contributed by atoms with Crippen LogP contribution >= 0.6 is 0 Å². The van der Waals surface area contributed by atoms with Gasteiger partial charge >= 0.3 is 5.97 Å². The quantitative estimate of drug-likeness (QED) is 0.0583. The number of hydrogen-bond acceptors (Lipinski definition) is 13. The molecule has 0 atom stereocenters. The van der Waals surface area contributed by atoms with Crippen LogP contribution in [0, 0.1) is 13.8 Å². The Bertz CT molecular complexity index is 4830. The number of carboxylic acid groups (broad SMARTS) is 1. The fraction of sp³-hybridized carbons (Fsp3) is 0.268. The van der Waals surface area contributed by atoms with Gasteiger partial charge in [0.1, 0.15) is 46.1 Å². The number of nitrogens with zero attached hydrogens (tertiary/aromatic N) is 10. The number of imidazole rings is 2. The van der Waals surface area contributed by atoms with E-state index in [1.807, 2.05) is 110 Å². The van der Waals surface area contributed by atoms with Gasteiger partial charge in [0, 0.05) is 63.1 Å². The van der Waals surface area contributed by atoms with Crippen molar-refractivity contribution in [3.8, 4) is 74.4 Å². The van der Waals surface area contributed by atoms with E-state index in [0.717, 1.165) is 137 Å². The SMILES string of the molecule is Cc1ccc(-c2cc(C3CC3)nn2-c2ccc3c(c2)nc(-c2cc(C(=O)N4CCCC4)ccc2O)n3Cc2ccc(=O)[nH]c2)o1.Cc1ccc(-c2cc(C3CC3)nn2-c2ccc3c(c2)nc(-c2cc(C(=O)O)ccc2O)n3Cc2ccc(OCC[Si](C)(C)C)nc2)o1. The molecule has 20 nitrogen and oxygen atoms in total. The monoisotopic (exact) mass is 1250 g/mol. The Kier molecular flexibility index (Phi) is 15.4. The topological polar surface area (TPSA) is 251 Å². The van der Waals surface area contributed by atoms with Crippen molar-refractivity contribution in [2.24, 2.45) is 0 Å². The van der Waals surface area contributed by atoms with E-state index in [1.165, 1.54) is 24.3 Å². The Labute approximate surface area is 530 Å². The van der Waals surface area contributed by atoms with Crippen molar-refractivity contribution in [2.75, 3.05) is 19.7 Å². The maximum atomic E-state index is 13.3. The first-order valence-electron chi connectivity index (χ1n) is 31.2.